The monoisotopic (exact) mass is 487 g/mol. The molecule has 0 amide bonds. The van der Waals surface area contributed by atoms with Crippen LogP contribution in [0, 0.1) is 5.82 Å². The predicted octanol–water partition coefficient (Wildman–Crippen LogP) is 5.54. The van der Waals surface area contributed by atoms with Gasteiger partial charge < -0.3 is 14.3 Å². The number of hydrogen-bond acceptors (Lipinski definition) is 6. The van der Waals surface area contributed by atoms with Crippen LogP contribution in [-0.4, -0.2) is 23.1 Å². The minimum absolute atomic E-state index is 0.00403. The Morgan fingerprint density at radius 2 is 2.07 bits per heavy atom. The number of phenols is 1. The van der Waals surface area contributed by atoms with Crippen molar-refractivity contribution < 1.29 is 18.7 Å². The van der Waals surface area contributed by atoms with Crippen LogP contribution < -0.4 is 9.54 Å². The molecule has 4 aromatic rings. The van der Waals surface area contributed by atoms with E-state index in [1.165, 1.54) is 24.5 Å². The fourth-order valence-corrected chi connectivity index (χ4v) is 3.97. The highest BCUT2D eigenvalue weighted by molar-refractivity contribution is 9.10. The van der Waals surface area contributed by atoms with E-state index in [-0.39, 0.29) is 11.4 Å². The second kappa shape index (κ2) is 8.68. The lowest BCUT2D eigenvalue weighted by Crippen LogP contribution is -2.11. The normalized spacial score (nSPS) is 12.0. The second-order valence-corrected chi connectivity index (χ2v) is 7.74. The van der Waals surface area contributed by atoms with Gasteiger partial charge in [0.15, 0.2) is 17.3 Å². The molecule has 2 heterocycles. The van der Waals surface area contributed by atoms with Gasteiger partial charge in [0, 0.05) is 5.38 Å². The number of benzene rings is 2. The summed E-state index contributed by atoms with van der Waals surface area (Å²) in [5.74, 6) is 0.490. The molecule has 0 bridgehead atoms. The zero-order valence-electron chi connectivity index (χ0n) is 15.6. The van der Waals surface area contributed by atoms with Crippen molar-refractivity contribution in [2.75, 3.05) is 7.11 Å². The molecule has 0 aliphatic carbocycles. The molecule has 6 nitrogen and oxygen atoms in total. The summed E-state index contributed by atoms with van der Waals surface area (Å²) in [6.07, 6.45) is 3.16. The molecule has 0 aliphatic heterocycles. The molecule has 0 unspecified atom stereocenters. The Bertz CT molecular complexity index is 1280. The van der Waals surface area contributed by atoms with Gasteiger partial charge in [0.1, 0.15) is 17.2 Å². The van der Waals surface area contributed by atoms with Gasteiger partial charge in [0.25, 0.3) is 0 Å². The number of hydrogen-bond donors (Lipinski definition) is 1. The summed E-state index contributed by atoms with van der Waals surface area (Å²) in [6, 6.07) is 13.2. The number of furan rings is 1. The number of thiazole rings is 1. The van der Waals surface area contributed by atoms with Gasteiger partial charge >= 0.3 is 0 Å². The van der Waals surface area contributed by atoms with Crippen LogP contribution in [0.15, 0.2) is 79.2 Å². The Labute approximate surface area is 183 Å². The van der Waals surface area contributed by atoms with E-state index in [9.17, 15) is 9.50 Å². The zero-order valence-corrected chi connectivity index (χ0v) is 18.0. The van der Waals surface area contributed by atoms with Crippen molar-refractivity contribution in [3.8, 4) is 23.0 Å². The van der Waals surface area contributed by atoms with Crippen LogP contribution in [0.5, 0.6) is 11.5 Å². The molecule has 9 heteroatoms. The number of methoxy groups -OCH3 is 1. The summed E-state index contributed by atoms with van der Waals surface area (Å²) >= 11 is 4.61. The van der Waals surface area contributed by atoms with Crippen molar-refractivity contribution in [3.63, 3.8) is 0 Å². The third-order valence-corrected chi connectivity index (χ3v) is 5.54. The van der Waals surface area contributed by atoms with Crippen molar-refractivity contribution >= 4 is 39.2 Å². The lowest BCUT2D eigenvalue weighted by atomic mass is 10.2. The summed E-state index contributed by atoms with van der Waals surface area (Å²) in [4.78, 5) is 4.89. The van der Waals surface area contributed by atoms with E-state index in [0.29, 0.717) is 32.0 Å². The minimum atomic E-state index is -0.423. The fourth-order valence-electron chi connectivity index (χ4n) is 2.68. The van der Waals surface area contributed by atoms with Crippen LogP contribution in [0.1, 0.15) is 5.56 Å². The topological polar surface area (TPSA) is 72.2 Å². The first-order valence-electron chi connectivity index (χ1n) is 8.71. The summed E-state index contributed by atoms with van der Waals surface area (Å²) in [7, 11) is 1.47. The first kappa shape index (κ1) is 20.1. The highest BCUT2D eigenvalue weighted by Crippen LogP contribution is 2.34. The number of ether oxygens (including phenoxy) is 1. The maximum absolute atomic E-state index is 14.1. The molecule has 0 radical (unpaired) electrons. The van der Waals surface area contributed by atoms with Gasteiger partial charge in [0.05, 0.1) is 24.1 Å². The van der Waals surface area contributed by atoms with E-state index in [4.69, 9.17) is 9.15 Å². The van der Waals surface area contributed by atoms with Gasteiger partial charge in [-0.2, -0.15) is 5.10 Å². The SMILES string of the molecule is COc1cc(C=Nn2c(-c3ccco3)csc2=Nc2ccccc2F)cc(Br)c1O. The van der Waals surface area contributed by atoms with Crippen LogP contribution in [0.25, 0.3) is 11.5 Å². The van der Waals surface area contributed by atoms with E-state index in [0.717, 1.165) is 0 Å². The van der Waals surface area contributed by atoms with E-state index >= 15 is 0 Å². The molecule has 0 saturated heterocycles. The van der Waals surface area contributed by atoms with E-state index in [1.807, 2.05) is 5.38 Å². The largest absolute Gasteiger partial charge is 0.503 e. The Hall–Kier alpha value is -3.17. The molecule has 0 atom stereocenters. The van der Waals surface area contributed by atoms with Gasteiger partial charge in [-0.15, -0.1) is 11.3 Å². The van der Waals surface area contributed by atoms with E-state index in [1.54, 1.807) is 59.6 Å². The molecular formula is C21H15BrFN3O3S. The van der Waals surface area contributed by atoms with Gasteiger partial charge in [-0.1, -0.05) is 12.1 Å². The number of phenolic OH excluding ortho intramolecular Hbond substituents is 1. The quantitative estimate of drug-likeness (QED) is 0.375. The number of aromatic hydroxyl groups is 1. The van der Waals surface area contributed by atoms with E-state index < -0.39 is 5.82 Å². The smallest absolute Gasteiger partial charge is 0.211 e. The van der Waals surface area contributed by atoms with Crippen molar-refractivity contribution in [1.82, 2.24) is 4.68 Å². The lowest BCUT2D eigenvalue weighted by molar-refractivity contribution is 0.372. The molecule has 4 rings (SSSR count). The molecule has 0 spiro atoms. The number of rotatable bonds is 5. The zero-order chi connectivity index (χ0) is 21.1. The molecule has 0 saturated carbocycles. The standard InChI is InChI=1S/C21H15BrFN3O3S/c1-28-19-10-13(9-14(22)20(19)27)11-24-26-17(18-7-4-8-29-18)12-30-21(26)25-16-6-3-2-5-15(16)23/h2-12,27H,1H3. The van der Waals surface area contributed by atoms with Crippen molar-refractivity contribution in [3.05, 3.63) is 80.8 Å². The molecular weight excluding hydrogens is 473 g/mol. The number of para-hydroxylation sites is 1. The molecule has 2 aromatic carbocycles. The molecule has 30 heavy (non-hydrogen) atoms. The predicted molar refractivity (Wildman–Crippen MR) is 117 cm³/mol. The Balaban J connectivity index is 1.84. The van der Waals surface area contributed by atoms with Crippen LogP contribution in [0.2, 0.25) is 0 Å². The molecule has 152 valence electrons. The Morgan fingerprint density at radius 1 is 1.23 bits per heavy atom. The van der Waals surface area contributed by atoms with Gasteiger partial charge in [-0.05, 0) is 57.9 Å². The highest BCUT2D eigenvalue weighted by atomic mass is 79.9. The second-order valence-electron chi connectivity index (χ2n) is 6.05. The number of nitrogens with zero attached hydrogens (tertiary/aromatic N) is 3. The number of aromatic nitrogens is 1. The fraction of sp³-hybridized carbons (Fsp3) is 0.0476. The summed E-state index contributed by atoms with van der Waals surface area (Å²) < 4.78 is 26.8. The van der Waals surface area contributed by atoms with E-state index in [2.05, 4.69) is 26.0 Å². The van der Waals surface area contributed by atoms with Crippen LogP contribution in [-0.2, 0) is 0 Å². The Morgan fingerprint density at radius 3 is 2.80 bits per heavy atom. The molecule has 0 fully saturated rings. The molecule has 0 aliphatic rings. The van der Waals surface area contributed by atoms with Crippen LogP contribution in [0.4, 0.5) is 10.1 Å². The first-order valence-corrected chi connectivity index (χ1v) is 10.4. The maximum Gasteiger partial charge on any atom is 0.211 e. The molecule has 2 aromatic heterocycles. The average molecular weight is 488 g/mol. The Kier molecular flexibility index (Phi) is 5.82. The third-order valence-electron chi connectivity index (χ3n) is 4.12. The van der Waals surface area contributed by atoms with Crippen LogP contribution >= 0.6 is 27.3 Å². The van der Waals surface area contributed by atoms with Crippen LogP contribution in [0.3, 0.4) is 0 Å². The highest BCUT2D eigenvalue weighted by Gasteiger charge is 2.12. The maximum atomic E-state index is 14.1. The van der Waals surface area contributed by atoms with Gasteiger partial charge in [-0.3, -0.25) is 0 Å². The lowest BCUT2D eigenvalue weighted by Gasteiger charge is -2.06. The van der Waals surface area contributed by atoms with Gasteiger partial charge in [0.2, 0.25) is 4.80 Å². The van der Waals surface area contributed by atoms with Crippen molar-refractivity contribution in [2.24, 2.45) is 10.1 Å². The van der Waals surface area contributed by atoms with Crippen molar-refractivity contribution in [2.45, 2.75) is 0 Å². The first-order chi connectivity index (χ1) is 14.6. The van der Waals surface area contributed by atoms with Crippen molar-refractivity contribution in [1.29, 1.82) is 0 Å². The summed E-state index contributed by atoms with van der Waals surface area (Å²) in [6.45, 7) is 0. The molecule has 1 N–H and O–H groups in total. The summed E-state index contributed by atoms with van der Waals surface area (Å²) in [5.41, 5.74) is 1.56. The average Bonchev–Trinajstić information content (AvgIpc) is 3.40. The number of halogens is 2. The third kappa shape index (κ3) is 4.07. The minimum Gasteiger partial charge on any atom is -0.503 e. The van der Waals surface area contributed by atoms with Gasteiger partial charge in [-0.25, -0.2) is 14.1 Å². The summed E-state index contributed by atoms with van der Waals surface area (Å²) in [5, 5.41) is 16.4.